The molecule has 9 nitrogen and oxygen atoms in total. The number of rotatable bonds is 6. The van der Waals surface area contributed by atoms with E-state index in [1.54, 1.807) is 30.4 Å². The molecule has 1 aliphatic heterocycles. The minimum atomic E-state index is -0.0323. The summed E-state index contributed by atoms with van der Waals surface area (Å²) in [5, 5.41) is 7.13. The minimum Gasteiger partial charge on any atom is -0.497 e. The third kappa shape index (κ3) is 4.74. The number of hydrogen-bond donors (Lipinski definition) is 1. The summed E-state index contributed by atoms with van der Waals surface area (Å²) >= 11 is 0. The average molecular weight is 407 g/mol. The maximum Gasteiger partial charge on any atom is 0.238 e. The monoisotopic (exact) mass is 407 g/mol. The number of nitrogens with one attached hydrogen (secondary N) is 1. The smallest absolute Gasteiger partial charge is 0.238 e. The lowest BCUT2D eigenvalue weighted by atomic mass is 10.2. The largest absolute Gasteiger partial charge is 0.497 e. The molecular weight excluding hydrogens is 382 g/mol. The summed E-state index contributed by atoms with van der Waals surface area (Å²) in [6.45, 7) is 3.50. The Kier molecular flexibility index (Phi) is 5.89. The van der Waals surface area contributed by atoms with E-state index in [2.05, 4.69) is 25.2 Å². The molecular formula is C21H25N7O2. The van der Waals surface area contributed by atoms with Gasteiger partial charge < -0.3 is 15.0 Å². The Balaban J connectivity index is 1.31. The van der Waals surface area contributed by atoms with Gasteiger partial charge in [-0.3, -0.25) is 19.4 Å². The van der Waals surface area contributed by atoms with Gasteiger partial charge in [0.2, 0.25) is 5.91 Å². The predicted molar refractivity (Wildman–Crippen MR) is 115 cm³/mol. The van der Waals surface area contributed by atoms with Crippen LogP contribution >= 0.6 is 0 Å². The highest BCUT2D eigenvalue weighted by atomic mass is 16.5. The van der Waals surface area contributed by atoms with E-state index in [0.717, 1.165) is 54.7 Å². The number of carbonyl (C=O) groups is 1. The second kappa shape index (κ2) is 8.91. The van der Waals surface area contributed by atoms with Gasteiger partial charge in [-0.2, -0.15) is 5.10 Å². The van der Waals surface area contributed by atoms with Gasteiger partial charge in [0.05, 0.1) is 37.9 Å². The Morgan fingerprint density at radius 2 is 2.00 bits per heavy atom. The first-order valence-electron chi connectivity index (χ1n) is 9.83. The lowest BCUT2D eigenvalue weighted by Crippen LogP contribution is -2.49. The number of anilines is 2. The molecule has 0 aliphatic carbocycles. The number of carbonyl (C=O) groups excluding carboxylic acids is 1. The third-order valence-corrected chi connectivity index (χ3v) is 5.04. The molecule has 30 heavy (non-hydrogen) atoms. The van der Waals surface area contributed by atoms with Crippen molar-refractivity contribution < 1.29 is 9.53 Å². The SMILES string of the molecule is COc1cccc(NC(=O)CN2CCN(c3cncc(-c4cnn(C)c4)n3)CC2)c1. The van der Waals surface area contributed by atoms with Crippen LogP contribution in [0.4, 0.5) is 11.5 Å². The Hall–Kier alpha value is -3.46. The first-order chi connectivity index (χ1) is 14.6. The molecule has 1 N–H and O–H groups in total. The molecule has 1 saturated heterocycles. The van der Waals surface area contributed by atoms with Gasteiger partial charge in [-0.1, -0.05) is 6.07 Å². The standard InChI is InChI=1S/C21H25N7O2/c1-26-14-16(11-23-26)19-12-22-13-20(25-19)28-8-6-27(7-9-28)15-21(29)24-17-4-3-5-18(10-17)30-2/h3-5,10-14H,6-9,15H2,1-2H3,(H,24,29). The Bertz CT molecular complexity index is 1010. The number of amides is 1. The summed E-state index contributed by atoms with van der Waals surface area (Å²) in [5.41, 5.74) is 2.49. The van der Waals surface area contributed by atoms with E-state index in [9.17, 15) is 4.79 Å². The number of hydrogen-bond acceptors (Lipinski definition) is 7. The molecule has 1 aromatic carbocycles. The molecule has 0 radical (unpaired) electrons. The number of aryl methyl sites for hydroxylation is 1. The van der Waals surface area contributed by atoms with Crippen molar-refractivity contribution in [2.75, 3.05) is 50.1 Å². The molecule has 4 rings (SSSR count). The fourth-order valence-electron chi connectivity index (χ4n) is 3.44. The number of benzene rings is 1. The Labute approximate surface area is 175 Å². The molecule has 1 amide bonds. The second-order valence-corrected chi connectivity index (χ2v) is 7.21. The van der Waals surface area contributed by atoms with Crippen LogP contribution in [0.2, 0.25) is 0 Å². The predicted octanol–water partition coefficient (Wildman–Crippen LogP) is 1.65. The van der Waals surface area contributed by atoms with E-state index in [0.29, 0.717) is 6.54 Å². The van der Waals surface area contributed by atoms with Crippen LogP contribution in [0.1, 0.15) is 0 Å². The quantitative estimate of drug-likeness (QED) is 0.665. The zero-order chi connectivity index (χ0) is 20.9. The second-order valence-electron chi connectivity index (χ2n) is 7.21. The summed E-state index contributed by atoms with van der Waals surface area (Å²) < 4.78 is 6.94. The minimum absolute atomic E-state index is 0.0323. The van der Waals surface area contributed by atoms with Crippen molar-refractivity contribution in [3.8, 4) is 17.0 Å². The molecule has 9 heteroatoms. The Morgan fingerprint density at radius 1 is 1.17 bits per heavy atom. The third-order valence-electron chi connectivity index (χ3n) is 5.04. The molecule has 2 aromatic heterocycles. The normalized spacial score (nSPS) is 14.5. The summed E-state index contributed by atoms with van der Waals surface area (Å²) in [7, 11) is 3.49. The van der Waals surface area contributed by atoms with Crippen LogP contribution in [0.5, 0.6) is 5.75 Å². The maximum atomic E-state index is 12.4. The van der Waals surface area contributed by atoms with E-state index >= 15 is 0 Å². The summed E-state index contributed by atoms with van der Waals surface area (Å²) in [6.07, 6.45) is 7.24. The van der Waals surface area contributed by atoms with Crippen molar-refractivity contribution in [2.24, 2.45) is 7.05 Å². The summed E-state index contributed by atoms with van der Waals surface area (Å²) in [6, 6.07) is 7.37. The topological polar surface area (TPSA) is 88.4 Å². The van der Waals surface area contributed by atoms with Gasteiger partial charge in [0.1, 0.15) is 11.6 Å². The molecule has 0 atom stereocenters. The van der Waals surface area contributed by atoms with Crippen molar-refractivity contribution >= 4 is 17.4 Å². The van der Waals surface area contributed by atoms with Crippen LogP contribution in [0, 0.1) is 0 Å². The molecule has 1 aliphatic rings. The van der Waals surface area contributed by atoms with Crippen LogP contribution in [0.25, 0.3) is 11.3 Å². The number of ether oxygens (including phenoxy) is 1. The van der Waals surface area contributed by atoms with Gasteiger partial charge in [-0.15, -0.1) is 0 Å². The fourth-order valence-corrected chi connectivity index (χ4v) is 3.44. The van der Waals surface area contributed by atoms with Gasteiger partial charge in [-0.05, 0) is 12.1 Å². The molecule has 0 saturated carbocycles. The fraction of sp³-hybridized carbons (Fsp3) is 0.333. The average Bonchev–Trinajstić information content (AvgIpc) is 3.21. The Morgan fingerprint density at radius 3 is 2.73 bits per heavy atom. The van der Waals surface area contributed by atoms with Crippen LogP contribution in [-0.4, -0.2) is 70.4 Å². The van der Waals surface area contributed by atoms with Crippen molar-refractivity contribution in [2.45, 2.75) is 0 Å². The molecule has 3 aromatic rings. The van der Waals surface area contributed by atoms with E-state index in [1.807, 2.05) is 37.5 Å². The summed E-state index contributed by atoms with van der Waals surface area (Å²) in [4.78, 5) is 25.8. The van der Waals surface area contributed by atoms with Crippen molar-refractivity contribution in [1.82, 2.24) is 24.6 Å². The van der Waals surface area contributed by atoms with Gasteiger partial charge in [0, 0.05) is 56.7 Å². The highest BCUT2D eigenvalue weighted by Gasteiger charge is 2.20. The van der Waals surface area contributed by atoms with E-state index in [1.165, 1.54) is 0 Å². The lowest BCUT2D eigenvalue weighted by molar-refractivity contribution is -0.117. The first kappa shape index (κ1) is 19.8. The zero-order valence-electron chi connectivity index (χ0n) is 17.2. The molecule has 1 fully saturated rings. The van der Waals surface area contributed by atoms with Crippen LogP contribution < -0.4 is 15.0 Å². The van der Waals surface area contributed by atoms with E-state index in [-0.39, 0.29) is 5.91 Å². The lowest BCUT2D eigenvalue weighted by Gasteiger charge is -2.34. The van der Waals surface area contributed by atoms with Crippen molar-refractivity contribution in [3.05, 3.63) is 49.1 Å². The zero-order valence-corrected chi connectivity index (χ0v) is 17.2. The molecule has 0 bridgehead atoms. The maximum absolute atomic E-state index is 12.4. The molecule has 3 heterocycles. The molecule has 0 unspecified atom stereocenters. The number of piperazine rings is 1. The van der Waals surface area contributed by atoms with Crippen LogP contribution in [0.15, 0.2) is 49.1 Å². The molecule has 156 valence electrons. The van der Waals surface area contributed by atoms with Crippen LogP contribution in [0.3, 0.4) is 0 Å². The highest BCUT2D eigenvalue weighted by Crippen LogP contribution is 2.20. The van der Waals surface area contributed by atoms with Gasteiger partial charge in [0.15, 0.2) is 0 Å². The summed E-state index contributed by atoms with van der Waals surface area (Å²) in [5.74, 6) is 1.53. The van der Waals surface area contributed by atoms with Crippen molar-refractivity contribution in [3.63, 3.8) is 0 Å². The first-order valence-corrected chi connectivity index (χ1v) is 9.83. The number of aromatic nitrogens is 4. The molecule has 0 spiro atoms. The van der Waals surface area contributed by atoms with Crippen molar-refractivity contribution in [1.29, 1.82) is 0 Å². The van der Waals surface area contributed by atoms with Gasteiger partial charge in [-0.25, -0.2) is 4.98 Å². The number of nitrogens with zero attached hydrogens (tertiary/aromatic N) is 6. The highest BCUT2D eigenvalue weighted by molar-refractivity contribution is 5.92. The van der Waals surface area contributed by atoms with Crippen LogP contribution in [-0.2, 0) is 11.8 Å². The van der Waals surface area contributed by atoms with Gasteiger partial charge in [0.25, 0.3) is 0 Å². The van der Waals surface area contributed by atoms with E-state index in [4.69, 9.17) is 9.72 Å². The van der Waals surface area contributed by atoms with Gasteiger partial charge >= 0.3 is 0 Å². The number of methoxy groups -OCH3 is 1. The van der Waals surface area contributed by atoms with E-state index < -0.39 is 0 Å².